The first-order valence-electron chi connectivity index (χ1n) is 8.71. The number of sulfonamides is 1. The Morgan fingerprint density at radius 1 is 1.38 bits per heavy atom. The summed E-state index contributed by atoms with van der Waals surface area (Å²) >= 11 is 1.36. The Labute approximate surface area is 158 Å². The minimum Gasteiger partial charge on any atom is -0.353 e. The van der Waals surface area contributed by atoms with Gasteiger partial charge in [-0.1, -0.05) is 32.0 Å². The predicted molar refractivity (Wildman–Crippen MR) is 105 cm³/mol. The van der Waals surface area contributed by atoms with E-state index in [1.807, 2.05) is 18.4 Å². The maximum Gasteiger partial charge on any atom is 0.238 e. The summed E-state index contributed by atoms with van der Waals surface area (Å²) in [6.07, 6.45) is 2.87. The quantitative estimate of drug-likeness (QED) is 0.631. The largest absolute Gasteiger partial charge is 0.353 e. The number of imidazole rings is 1. The van der Waals surface area contributed by atoms with E-state index in [9.17, 15) is 13.2 Å². The number of aromatic nitrogens is 2. The molecule has 0 aliphatic carbocycles. The van der Waals surface area contributed by atoms with Crippen LogP contribution in [0.25, 0.3) is 11.0 Å². The van der Waals surface area contributed by atoms with Gasteiger partial charge in [0.25, 0.3) is 0 Å². The number of fused-ring (bicyclic) bond motifs is 1. The Kier molecular flexibility index (Phi) is 7.08. The molecule has 0 spiro atoms. The van der Waals surface area contributed by atoms with Crippen molar-refractivity contribution in [1.29, 1.82) is 0 Å². The summed E-state index contributed by atoms with van der Waals surface area (Å²) in [4.78, 5) is 16.6. The zero-order valence-corrected chi connectivity index (χ0v) is 17.0. The molecular weight excluding hydrogens is 372 g/mol. The van der Waals surface area contributed by atoms with Crippen LogP contribution in [0.5, 0.6) is 0 Å². The SMILES string of the molecule is CCCCn1c(SCC(=O)N[C@H](C)CC)nc2cc(S(N)(=O)=O)ccc21. The van der Waals surface area contributed by atoms with Crippen molar-refractivity contribution in [3.8, 4) is 0 Å². The number of carbonyl (C=O) groups excluding carboxylic acids is 1. The Morgan fingerprint density at radius 2 is 2.12 bits per heavy atom. The van der Waals surface area contributed by atoms with Crippen LogP contribution >= 0.6 is 11.8 Å². The number of amides is 1. The fourth-order valence-electron chi connectivity index (χ4n) is 2.46. The van der Waals surface area contributed by atoms with Crippen LogP contribution in [0.2, 0.25) is 0 Å². The molecule has 1 aromatic heterocycles. The molecule has 7 nitrogen and oxygen atoms in total. The lowest BCUT2D eigenvalue weighted by molar-refractivity contribution is -0.119. The molecule has 1 heterocycles. The third-order valence-electron chi connectivity index (χ3n) is 4.10. The number of aryl methyl sites for hydroxylation is 1. The van der Waals surface area contributed by atoms with Gasteiger partial charge in [-0.25, -0.2) is 18.5 Å². The summed E-state index contributed by atoms with van der Waals surface area (Å²) in [6.45, 7) is 6.85. The Balaban J connectivity index is 2.29. The fourth-order valence-corrected chi connectivity index (χ4v) is 3.84. The molecule has 1 aromatic carbocycles. The van der Waals surface area contributed by atoms with E-state index in [0.717, 1.165) is 31.3 Å². The number of primary sulfonamides is 1. The normalized spacial score (nSPS) is 13.1. The number of hydrogen-bond donors (Lipinski definition) is 2. The summed E-state index contributed by atoms with van der Waals surface area (Å²) in [5.74, 6) is 0.227. The van der Waals surface area contributed by atoms with Crippen LogP contribution in [0.3, 0.4) is 0 Å². The molecule has 144 valence electrons. The molecule has 0 saturated carbocycles. The van der Waals surface area contributed by atoms with E-state index in [0.29, 0.717) is 10.7 Å². The van der Waals surface area contributed by atoms with E-state index in [-0.39, 0.29) is 22.6 Å². The molecule has 0 bridgehead atoms. The molecule has 2 rings (SSSR count). The van der Waals surface area contributed by atoms with Gasteiger partial charge in [-0.05, 0) is 38.0 Å². The molecular formula is C17H26N4O3S2. The van der Waals surface area contributed by atoms with Gasteiger partial charge in [0, 0.05) is 12.6 Å². The zero-order chi connectivity index (χ0) is 19.3. The molecule has 0 radical (unpaired) electrons. The van der Waals surface area contributed by atoms with E-state index in [1.54, 1.807) is 6.07 Å². The number of nitrogens with two attached hydrogens (primary N) is 1. The smallest absolute Gasteiger partial charge is 0.238 e. The van der Waals surface area contributed by atoms with Gasteiger partial charge in [0.05, 0.1) is 21.7 Å². The number of nitrogens with one attached hydrogen (secondary N) is 1. The maximum atomic E-state index is 12.0. The average molecular weight is 399 g/mol. The minimum absolute atomic E-state index is 0.0382. The van der Waals surface area contributed by atoms with Crippen molar-refractivity contribution in [3.63, 3.8) is 0 Å². The lowest BCUT2D eigenvalue weighted by Gasteiger charge is -2.11. The Morgan fingerprint density at radius 3 is 2.73 bits per heavy atom. The van der Waals surface area contributed by atoms with Gasteiger partial charge in [0.2, 0.25) is 15.9 Å². The second kappa shape index (κ2) is 8.88. The van der Waals surface area contributed by atoms with Crippen LogP contribution in [0.15, 0.2) is 28.3 Å². The van der Waals surface area contributed by atoms with Crippen molar-refractivity contribution in [1.82, 2.24) is 14.9 Å². The van der Waals surface area contributed by atoms with Crippen LogP contribution in [-0.4, -0.2) is 35.7 Å². The first-order valence-corrected chi connectivity index (χ1v) is 11.2. The second-order valence-corrected chi connectivity index (χ2v) is 8.76. The molecule has 3 N–H and O–H groups in total. The van der Waals surface area contributed by atoms with Crippen LogP contribution in [0.1, 0.15) is 40.0 Å². The summed E-state index contributed by atoms with van der Waals surface area (Å²) < 4.78 is 25.2. The van der Waals surface area contributed by atoms with E-state index in [1.165, 1.54) is 23.9 Å². The second-order valence-electron chi connectivity index (χ2n) is 6.26. The van der Waals surface area contributed by atoms with Gasteiger partial charge in [-0.3, -0.25) is 4.79 Å². The highest BCUT2D eigenvalue weighted by molar-refractivity contribution is 7.99. The lowest BCUT2D eigenvalue weighted by atomic mass is 10.3. The molecule has 0 unspecified atom stereocenters. The molecule has 9 heteroatoms. The number of hydrogen-bond acceptors (Lipinski definition) is 5. The highest BCUT2D eigenvalue weighted by Gasteiger charge is 2.16. The summed E-state index contributed by atoms with van der Waals surface area (Å²) in [7, 11) is -3.78. The topological polar surface area (TPSA) is 107 Å². The Bertz CT molecular complexity index is 878. The van der Waals surface area contributed by atoms with Crippen molar-refractivity contribution in [2.24, 2.45) is 5.14 Å². The van der Waals surface area contributed by atoms with E-state index >= 15 is 0 Å². The molecule has 0 saturated heterocycles. The number of carbonyl (C=O) groups is 1. The van der Waals surface area contributed by atoms with Gasteiger partial charge >= 0.3 is 0 Å². The zero-order valence-electron chi connectivity index (χ0n) is 15.4. The van der Waals surface area contributed by atoms with E-state index in [2.05, 4.69) is 17.2 Å². The molecule has 0 aliphatic heterocycles. The average Bonchev–Trinajstić information content (AvgIpc) is 2.93. The first kappa shape index (κ1) is 20.7. The van der Waals surface area contributed by atoms with Crippen molar-refractivity contribution in [2.45, 2.75) is 62.7 Å². The maximum absolute atomic E-state index is 12.0. The summed E-state index contributed by atoms with van der Waals surface area (Å²) in [5, 5.41) is 8.85. The molecule has 0 aliphatic rings. The van der Waals surface area contributed by atoms with Crippen LogP contribution in [0.4, 0.5) is 0 Å². The minimum atomic E-state index is -3.78. The summed E-state index contributed by atoms with van der Waals surface area (Å²) in [5.41, 5.74) is 1.41. The third-order valence-corrected chi connectivity index (χ3v) is 5.99. The first-order chi connectivity index (χ1) is 12.3. The number of unbranched alkanes of at least 4 members (excludes halogenated alkanes) is 1. The molecule has 26 heavy (non-hydrogen) atoms. The highest BCUT2D eigenvalue weighted by Crippen LogP contribution is 2.26. The highest BCUT2D eigenvalue weighted by atomic mass is 32.2. The molecule has 2 aromatic rings. The molecule has 1 atom stereocenters. The van der Waals surface area contributed by atoms with Gasteiger partial charge in [0.1, 0.15) is 0 Å². The number of thioether (sulfide) groups is 1. The summed E-state index contributed by atoms with van der Waals surface area (Å²) in [6, 6.07) is 4.84. The van der Waals surface area contributed by atoms with Gasteiger partial charge in [-0.2, -0.15) is 0 Å². The molecule has 0 fully saturated rings. The van der Waals surface area contributed by atoms with Gasteiger partial charge in [-0.15, -0.1) is 0 Å². The van der Waals surface area contributed by atoms with Crippen molar-refractivity contribution in [2.75, 3.05) is 5.75 Å². The number of nitrogens with zero attached hydrogens (tertiary/aromatic N) is 2. The van der Waals surface area contributed by atoms with Crippen molar-refractivity contribution >= 4 is 38.7 Å². The van der Waals surface area contributed by atoms with Crippen molar-refractivity contribution < 1.29 is 13.2 Å². The monoisotopic (exact) mass is 398 g/mol. The van der Waals surface area contributed by atoms with Gasteiger partial charge in [0.15, 0.2) is 5.16 Å². The Hall–Kier alpha value is -1.58. The standard InChI is InChI=1S/C17H26N4O3S2/c1-4-6-9-21-15-8-7-13(26(18,23)24)10-14(15)20-17(21)25-11-16(22)19-12(3)5-2/h7-8,10,12H,4-6,9,11H2,1-3H3,(H,19,22)(H2,18,23,24)/t12-/m1/s1. The third kappa shape index (κ3) is 5.21. The number of rotatable bonds is 9. The number of benzene rings is 1. The fraction of sp³-hybridized carbons (Fsp3) is 0.529. The predicted octanol–water partition coefficient (Wildman–Crippen LogP) is 2.49. The van der Waals surface area contributed by atoms with E-state index < -0.39 is 10.0 Å². The van der Waals surface area contributed by atoms with Crippen LogP contribution in [-0.2, 0) is 21.4 Å². The van der Waals surface area contributed by atoms with Crippen LogP contribution < -0.4 is 10.5 Å². The lowest BCUT2D eigenvalue weighted by Crippen LogP contribution is -2.33. The van der Waals surface area contributed by atoms with Gasteiger partial charge < -0.3 is 9.88 Å². The van der Waals surface area contributed by atoms with E-state index in [4.69, 9.17) is 5.14 Å². The molecule has 1 amide bonds. The van der Waals surface area contributed by atoms with Crippen molar-refractivity contribution in [3.05, 3.63) is 18.2 Å². The van der Waals surface area contributed by atoms with Crippen LogP contribution in [0, 0.1) is 0 Å².